The molecule has 0 saturated carbocycles. The topological polar surface area (TPSA) is 53.6 Å². The zero-order valence-corrected chi connectivity index (χ0v) is 10.6. The first kappa shape index (κ1) is 12.6. The van der Waals surface area contributed by atoms with Crippen LogP contribution < -0.4 is 10.6 Å². The summed E-state index contributed by atoms with van der Waals surface area (Å²) < 4.78 is 5.25. The fraction of sp³-hybridized carbons (Fsp3) is 0.917. The molecular weight excluding hydrogens is 218 g/mol. The molecule has 2 fully saturated rings. The van der Waals surface area contributed by atoms with Crippen LogP contribution in [-0.2, 0) is 4.74 Å². The Bertz CT molecular complexity index is 246. The van der Waals surface area contributed by atoms with Crippen LogP contribution >= 0.6 is 0 Å². The first-order valence-electron chi connectivity index (χ1n) is 6.66. The van der Waals surface area contributed by atoms with Gasteiger partial charge in [-0.15, -0.1) is 0 Å². The van der Waals surface area contributed by atoms with Gasteiger partial charge in [0.1, 0.15) is 0 Å². The molecule has 2 N–H and O–H groups in total. The predicted octanol–water partition coefficient (Wildman–Crippen LogP) is 0.559. The Hall–Kier alpha value is -0.810. The van der Waals surface area contributed by atoms with Crippen LogP contribution in [0.2, 0.25) is 0 Å². The second-order valence-corrected chi connectivity index (χ2v) is 4.83. The summed E-state index contributed by atoms with van der Waals surface area (Å²) in [6.07, 6.45) is 3.06. The van der Waals surface area contributed by atoms with Crippen molar-refractivity contribution in [1.29, 1.82) is 0 Å². The fourth-order valence-corrected chi connectivity index (χ4v) is 2.49. The van der Waals surface area contributed by atoms with E-state index in [2.05, 4.69) is 17.6 Å². The maximum atomic E-state index is 12.0. The van der Waals surface area contributed by atoms with Gasteiger partial charge in [0.2, 0.25) is 0 Å². The first-order chi connectivity index (χ1) is 8.29. The number of carbonyl (C=O) groups is 1. The van der Waals surface area contributed by atoms with E-state index in [-0.39, 0.29) is 12.1 Å². The molecule has 1 atom stereocenters. The molecule has 2 amide bonds. The van der Waals surface area contributed by atoms with Gasteiger partial charge in [-0.2, -0.15) is 0 Å². The lowest BCUT2D eigenvalue weighted by Crippen LogP contribution is -2.50. The summed E-state index contributed by atoms with van der Waals surface area (Å²) in [6, 6.07) is 0.878. The summed E-state index contributed by atoms with van der Waals surface area (Å²) in [5, 5.41) is 6.48. The minimum Gasteiger partial charge on any atom is -0.379 e. The van der Waals surface area contributed by atoms with E-state index in [1.54, 1.807) is 0 Å². The molecule has 98 valence electrons. The highest BCUT2D eigenvalue weighted by molar-refractivity contribution is 5.74. The van der Waals surface area contributed by atoms with E-state index in [1.165, 1.54) is 0 Å². The molecule has 0 aromatic heterocycles. The molecule has 0 radical (unpaired) electrons. The number of urea groups is 1. The minimum atomic E-state index is 0.0791. The molecule has 2 heterocycles. The van der Waals surface area contributed by atoms with Crippen LogP contribution in [0.1, 0.15) is 26.2 Å². The van der Waals surface area contributed by atoms with E-state index in [1.807, 2.05) is 4.90 Å². The second-order valence-electron chi connectivity index (χ2n) is 4.83. The number of carbonyl (C=O) groups excluding carboxylic acids is 1. The van der Waals surface area contributed by atoms with Gasteiger partial charge in [0.15, 0.2) is 0 Å². The molecule has 5 nitrogen and oxygen atoms in total. The summed E-state index contributed by atoms with van der Waals surface area (Å²) in [5.41, 5.74) is 0. The summed E-state index contributed by atoms with van der Waals surface area (Å²) in [4.78, 5) is 13.9. The molecular formula is C12H23N3O2. The maximum Gasteiger partial charge on any atom is 0.317 e. The van der Waals surface area contributed by atoms with Crippen LogP contribution in [0.4, 0.5) is 4.79 Å². The van der Waals surface area contributed by atoms with E-state index < -0.39 is 0 Å². The highest BCUT2D eigenvalue weighted by atomic mass is 16.5. The van der Waals surface area contributed by atoms with Crippen LogP contribution in [0.25, 0.3) is 0 Å². The van der Waals surface area contributed by atoms with Crippen molar-refractivity contribution >= 4 is 6.03 Å². The predicted molar refractivity (Wildman–Crippen MR) is 66.0 cm³/mol. The fourth-order valence-electron chi connectivity index (χ4n) is 2.49. The average Bonchev–Trinajstić information content (AvgIpc) is 2.83. The van der Waals surface area contributed by atoms with E-state index in [0.29, 0.717) is 12.6 Å². The molecule has 2 aliphatic heterocycles. The first-order valence-corrected chi connectivity index (χ1v) is 6.66. The van der Waals surface area contributed by atoms with E-state index in [0.717, 1.165) is 45.5 Å². The Balaban J connectivity index is 1.70. The second kappa shape index (κ2) is 6.21. The lowest BCUT2D eigenvalue weighted by Gasteiger charge is -2.33. The molecule has 0 aliphatic carbocycles. The van der Waals surface area contributed by atoms with E-state index >= 15 is 0 Å². The highest BCUT2D eigenvalue weighted by Gasteiger charge is 2.25. The molecule has 2 rings (SSSR count). The highest BCUT2D eigenvalue weighted by Crippen LogP contribution is 2.11. The van der Waals surface area contributed by atoms with Crippen LogP contribution in [0.15, 0.2) is 0 Å². The zero-order chi connectivity index (χ0) is 12.1. The SMILES string of the molecule is CCNC1CCN(C(=O)NC2CCOC2)CC1. The summed E-state index contributed by atoms with van der Waals surface area (Å²) in [7, 11) is 0. The van der Waals surface area contributed by atoms with Crippen molar-refractivity contribution < 1.29 is 9.53 Å². The van der Waals surface area contributed by atoms with Gasteiger partial charge in [-0.3, -0.25) is 0 Å². The van der Waals surface area contributed by atoms with Crippen molar-refractivity contribution in [3.8, 4) is 0 Å². The van der Waals surface area contributed by atoms with Crippen molar-refractivity contribution in [2.24, 2.45) is 0 Å². The molecule has 5 heteroatoms. The van der Waals surface area contributed by atoms with Crippen molar-refractivity contribution in [3.63, 3.8) is 0 Å². The van der Waals surface area contributed by atoms with Gasteiger partial charge < -0.3 is 20.3 Å². The van der Waals surface area contributed by atoms with E-state index in [4.69, 9.17) is 4.74 Å². The van der Waals surface area contributed by atoms with Crippen LogP contribution in [0, 0.1) is 0 Å². The number of hydrogen-bond acceptors (Lipinski definition) is 3. The minimum absolute atomic E-state index is 0.0791. The lowest BCUT2D eigenvalue weighted by atomic mass is 10.1. The van der Waals surface area contributed by atoms with Gasteiger partial charge in [0.25, 0.3) is 0 Å². The molecule has 0 aromatic carbocycles. The number of nitrogens with one attached hydrogen (secondary N) is 2. The lowest BCUT2D eigenvalue weighted by molar-refractivity contribution is 0.166. The molecule has 0 aromatic rings. The van der Waals surface area contributed by atoms with Gasteiger partial charge in [0, 0.05) is 25.7 Å². The number of amides is 2. The molecule has 0 bridgehead atoms. The summed E-state index contributed by atoms with van der Waals surface area (Å²) >= 11 is 0. The largest absolute Gasteiger partial charge is 0.379 e. The van der Waals surface area contributed by atoms with Gasteiger partial charge >= 0.3 is 6.03 Å². The van der Waals surface area contributed by atoms with Gasteiger partial charge in [-0.25, -0.2) is 4.79 Å². The normalized spacial score (nSPS) is 26.2. The van der Waals surface area contributed by atoms with Crippen LogP contribution in [0.3, 0.4) is 0 Å². The quantitative estimate of drug-likeness (QED) is 0.759. The molecule has 2 aliphatic rings. The number of nitrogens with zero attached hydrogens (tertiary/aromatic N) is 1. The third kappa shape index (κ3) is 3.57. The van der Waals surface area contributed by atoms with Crippen molar-refractivity contribution in [2.45, 2.75) is 38.3 Å². The molecule has 1 unspecified atom stereocenters. The third-order valence-electron chi connectivity index (χ3n) is 3.53. The Morgan fingerprint density at radius 1 is 1.29 bits per heavy atom. The standard InChI is InChI=1S/C12H23N3O2/c1-2-13-10-3-6-15(7-4-10)12(16)14-11-5-8-17-9-11/h10-11,13H,2-9H2,1H3,(H,14,16). The van der Waals surface area contributed by atoms with E-state index in [9.17, 15) is 4.79 Å². The summed E-state index contributed by atoms with van der Waals surface area (Å²) in [6.45, 7) is 6.29. The Labute approximate surface area is 103 Å². The number of rotatable bonds is 3. The number of piperidine rings is 1. The van der Waals surface area contributed by atoms with Crippen LogP contribution in [-0.4, -0.2) is 55.9 Å². The van der Waals surface area contributed by atoms with Crippen molar-refractivity contribution in [2.75, 3.05) is 32.8 Å². The Morgan fingerprint density at radius 3 is 2.65 bits per heavy atom. The number of likely N-dealkylation sites (tertiary alicyclic amines) is 1. The molecule has 17 heavy (non-hydrogen) atoms. The monoisotopic (exact) mass is 241 g/mol. The Morgan fingerprint density at radius 2 is 2.06 bits per heavy atom. The Kier molecular flexibility index (Phi) is 4.62. The van der Waals surface area contributed by atoms with Crippen molar-refractivity contribution in [3.05, 3.63) is 0 Å². The molecule has 0 spiro atoms. The number of hydrogen-bond donors (Lipinski definition) is 2. The number of ether oxygens (including phenoxy) is 1. The van der Waals surface area contributed by atoms with Crippen LogP contribution in [0.5, 0.6) is 0 Å². The average molecular weight is 241 g/mol. The smallest absolute Gasteiger partial charge is 0.317 e. The van der Waals surface area contributed by atoms with Crippen molar-refractivity contribution in [1.82, 2.24) is 15.5 Å². The third-order valence-corrected chi connectivity index (χ3v) is 3.53. The van der Waals surface area contributed by atoms with Gasteiger partial charge in [-0.05, 0) is 25.8 Å². The maximum absolute atomic E-state index is 12.0. The molecule has 2 saturated heterocycles. The van der Waals surface area contributed by atoms with Gasteiger partial charge in [0.05, 0.1) is 12.6 Å². The zero-order valence-electron chi connectivity index (χ0n) is 10.6. The van der Waals surface area contributed by atoms with Gasteiger partial charge in [-0.1, -0.05) is 6.92 Å². The summed E-state index contributed by atoms with van der Waals surface area (Å²) in [5.74, 6) is 0.